The predicted octanol–water partition coefficient (Wildman–Crippen LogP) is 19.5. The molecule has 13 rings (SSSR count). The summed E-state index contributed by atoms with van der Waals surface area (Å²) in [6.45, 7) is 14.5. The third-order valence-electron chi connectivity index (χ3n) is 16.0. The Labute approximate surface area is 424 Å². The average molecular weight is 925 g/mol. The molecule has 11 aromatic rings. The van der Waals surface area contributed by atoms with Gasteiger partial charge in [-0.05, 0) is 186 Å². The van der Waals surface area contributed by atoms with Crippen LogP contribution in [0.1, 0.15) is 61.1 Å². The van der Waals surface area contributed by atoms with Crippen molar-refractivity contribution in [2.75, 3.05) is 9.80 Å². The van der Waals surface area contributed by atoms with Gasteiger partial charge < -0.3 is 9.80 Å². The molecule has 0 radical (unpaired) electrons. The fraction of sp³-hybridized carbons (Fsp3) is 0.114. The van der Waals surface area contributed by atoms with E-state index in [1.54, 1.807) is 0 Å². The number of hydrogen-bond donors (Lipinski definition) is 0. The predicted molar refractivity (Wildman–Crippen MR) is 306 cm³/mol. The molecule has 0 bridgehead atoms. The fourth-order valence-corrected chi connectivity index (χ4v) is 12.7. The number of fused-ring (bicyclic) bond motifs is 9. The number of hydrogen-bond acceptors (Lipinski definition) is 2. The van der Waals surface area contributed by atoms with Gasteiger partial charge in [0.05, 0.1) is 0 Å². The first-order chi connectivity index (χ1) is 35.1. The highest BCUT2D eigenvalue weighted by atomic mass is 15.1. The highest BCUT2D eigenvalue weighted by Gasteiger charge is 2.47. The number of anilines is 6. The summed E-state index contributed by atoms with van der Waals surface area (Å²) in [5.74, 6) is 0. The Morgan fingerprint density at radius 1 is 0.292 bits per heavy atom. The second kappa shape index (κ2) is 16.6. The monoisotopic (exact) mass is 924 g/mol. The van der Waals surface area contributed by atoms with Gasteiger partial charge in [0.25, 0.3) is 0 Å². The standard InChI is InChI=1S/C70H56N2/c1-45-41-55(71(51-23-9-7-10-24-51)53-35-31-49(32-36-53)59-29-17-21-47-19-13-15-27-57(47)59)43-63-65(45)61-39-40-62-66-46(2)42-56(44-64(66)70(5,6)68(62)67(61)69(63,3)4)72(52-25-11-8-12-26-52)54-37-33-50(34-38-54)60-30-18-22-48-20-14-16-28-58(48)60/h7-44H,1-6H3. The fourth-order valence-electron chi connectivity index (χ4n) is 12.7. The van der Waals surface area contributed by atoms with Crippen LogP contribution in [0.3, 0.4) is 0 Å². The molecule has 0 heterocycles. The van der Waals surface area contributed by atoms with Crippen LogP contribution in [0.25, 0.3) is 66.1 Å². The van der Waals surface area contributed by atoms with E-state index in [0.717, 1.165) is 22.7 Å². The lowest BCUT2D eigenvalue weighted by molar-refractivity contribution is 0.601. The number of para-hydroxylation sites is 2. The molecule has 2 aliphatic rings. The van der Waals surface area contributed by atoms with E-state index in [2.05, 4.69) is 282 Å². The number of nitrogens with zero attached hydrogens (tertiary/aromatic N) is 2. The van der Waals surface area contributed by atoms with Crippen LogP contribution in [0.2, 0.25) is 0 Å². The third kappa shape index (κ3) is 6.77. The van der Waals surface area contributed by atoms with Crippen LogP contribution in [0, 0.1) is 13.8 Å². The van der Waals surface area contributed by atoms with Crippen molar-refractivity contribution < 1.29 is 0 Å². The number of aryl methyl sites for hydroxylation is 2. The lowest BCUT2D eigenvalue weighted by atomic mass is 9.72. The van der Waals surface area contributed by atoms with Gasteiger partial charge in [0.2, 0.25) is 0 Å². The molecule has 0 saturated carbocycles. The van der Waals surface area contributed by atoms with Gasteiger partial charge >= 0.3 is 0 Å². The minimum atomic E-state index is -0.269. The minimum Gasteiger partial charge on any atom is -0.310 e. The first-order valence-electron chi connectivity index (χ1n) is 25.4. The van der Waals surface area contributed by atoms with Crippen molar-refractivity contribution in [3.63, 3.8) is 0 Å². The van der Waals surface area contributed by atoms with E-state index >= 15 is 0 Å². The van der Waals surface area contributed by atoms with Crippen LogP contribution in [0.15, 0.2) is 231 Å². The van der Waals surface area contributed by atoms with E-state index in [4.69, 9.17) is 0 Å². The Balaban J connectivity index is 0.892. The summed E-state index contributed by atoms with van der Waals surface area (Å²) >= 11 is 0. The average Bonchev–Trinajstić information content (AvgIpc) is 3.79. The van der Waals surface area contributed by atoms with Crippen LogP contribution in [-0.2, 0) is 10.8 Å². The van der Waals surface area contributed by atoms with Crippen molar-refractivity contribution >= 4 is 55.7 Å². The Bertz CT molecular complexity index is 3650. The summed E-state index contributed by atoms with van der Waals surface area (Å²) in [5, 5.41) is 5.05. The van der Waals surface area contributed by atoms with Crippen LogP contribution < -0.4 is 9.80 Å². The third-order valence-corrected chi connectivity index (χ3v) is 16.0. The van der Waals surface area contributed by atoms with E-state index in [1.807, 2.05) is 0 Å². The minimum absolute atomic E-state index is 0.269. The number of benzene rings is 11. The van der Waals surface area contributed by atoms with Gasteiger partial charge in [-0.25, -0.2) is 0 Å². The first kappa shape index (κ1) is 43.6. The molecule has 72 heavy (non-hydrogen) atoms. The highest BCUT2D eigenvalue weighted by molar-refractivity contribution is 5.99. The van der Waals surface area contributed by atoms with Gasteiger partial charge in [-0.1, -0.05) is 185 Å². The lowest BCUT2D eigenvalue weighted by Crippen LogP contribution is -2.24. The zero-order valence-electron chi connectivity index (χ0n) is 41.8. The molecule has 0 aromatic heterocycles. The maximum absolute atomic E-state index is 2.49. The van der Waals surface area contributed by atoms with Crippen molar-refractivity contribution in [1.82, 2.24) is 0 Å². The van der Waals surface area contributed by atoms with Crippen LogP contribution in [-0.4, -0.2) is 0 Å². The summed E-state index contributed by atoms with van der Waals surface area (Å²) in [5.41, 5.74) is 25.0. The van der Waals surface area contributed by atoms with Gasteiger partial charge in [-0.2, -0.15) is 0 Å². The molecular formula is C70H56N2. The smallest absolute Gasteiger partial charge is 0.0467 e. The van der Waals surface area contributed by atoms with E-state index < -0.39 is 0 Å². The summed E-state index contributed by atoms with van der Waals surface area (Å²) in [7, 11) is 0. The van der Waals surface area contributed by atoms with Crippen molar-refractivity contribution in [2.45, 2.75) is 52.4 Å². The largest absolute Gasteiger partial charge is 0.310 e. The summed E-state index contributed by atoms with van der Waals surface area (Å²) in [6, 6.07) is 85.2. The maximum Gasteiger partial charge on any atom is 0.0467 e. The molecule has 0 amide bonds. The highest BCUT2D eigenvalue weighted by Crippen LogP contribution is 2.61. The Morgan fingerprint density at radius 3 is 1.04 bits per heavy atom. The molecule has 0 spiro atoms. The second-order valence-electron chi connectivity index (χ2n) is 21.0. The first-order valence-corrected chi connectivity index (χ1v) is 25.4. The molecule has 0 unspecified atom stereocenters. The van der Waals surface area contributed by atoms with Crippen molar-refractivity contribution in [3.8, 4) is 44.5 Å². The SMILES string of the molecule is Cc1cc(N(c2ccccc2)c2ccc(-c3cccc4ccccc34)cc2)cc2c1-c1ccc3c(c1C2(C)C)C(C)(C)c1cc(N(c2ccccc2)c2ccc(-c4cccc5ccccc45)cc2)cc(C)c1-3. The van der Waals surface area contributed by atoms with Crippen LogP contribution in [0.4, 0.5) is 34.1 Å². The molecule has 0 N–H and O–H groups in total. The van der Waals surface area contributed by atoms with E-state index in [1.165, 1.54) is 111 Å². The Kier molecular flexibility index (Phi) is 10.0. The Hall–Kier alpha value is -8.46. The van der Waals surface area contributed by atoms with Gasteiger partial charge in [0, 0.05) is 45.0 Å². The van der Waals surface area contributed by atoms with E-state index in [-0.39, 0.29) is 10.8 Å². The van der Waals surface area contributed by atoms with E-state index in [0.29, 0.717) is 0 Å². The normalized spacial score (nSPS) is 13.6. The molecular weight excluding hydrogens is 869 g/mol. The summed E-state index contributed by atoms with van der Waals surface area (Å²) < 4.78 is 0. The van der Waals surface area contributed by atoms with Gasteiger partial charge in [0.1, 0.15) is 0 Å². The molecule has 346 valence electrons. The zero-order valence-corrected chi connectivity index (χ0v) is 41.8. The summed E-state index contributed by atoms with van der Waals surface area (Å²) in [4.78, 5) is 4.87. The Morgan fingerprint density at radius 2 is 0.639 bits per heavy atom. The van der Waals surface area contributed by atoms with E-state index in [9.17, 15) is 0 Å². The zero-order chi connectivity index (χ0) is 48.9. The van der Waals surface area contributed by atoms with Gasteiger partial charge in [-0.15, -0.1) is 0 Å². The van der Waals surface area contributed by atoms with Gasteiger partial charge in [0.15, 0.2) is 0 Å². The quantitative estimate of drug-likeness (QED) is 0.150. The molecule has 0 atom stereocenters. The number of rotatable bonds is 8. The van der Waals surface area contributed by atoms with Crippen molar-refractivity contribution in [1.29, 1.82) is 0 Å². The topological polar surface area (TPSA) is 6.48 Å². The van der Waals surface area contributed by atoms with Crippen molar-refractivity contribution in [3.05, 3.63) is 264 Å². The van der Waals surface area contributed by atoms with Crippen molar-refractivity contribution in [2.24, 2.45) is 0 Å². The molecule has 0 saturated heterocycles. The maximum atomic E-state index is 2.49. The lowest BCUT2D eigenvalue weighted by Gasteiger charge is -2.32. The molecule has 11 aromatic carbocycles. The second-order valence-corrected chi connectivity index (χ2v) is 21.0. The molecule has 2 nitrogen and oxygen atoms in total. The molecule has 2 heteroatoms. The molecule has 2 aliphatic carbocycles. The van der Waals surface area contributed by atoms with Gasteiger partial charge in [-0.3, -0.25) is 0 Å². The summed E-state index contributed by atoms with van der Waals surface area (Å²) in [6.07, 6.45) is 0. The molecule has 0 fully saturated rings. The van der Waals surface area contributed by atoms with Crippen LogP contribution >= 0.6 is 0 Å². The molecule has 0 aliphatic heterocycles. The van der Waals surface area contributed by atoms with Crippen LogP contribution in [0.5, 0.6) is 0 Å².